The van der Waals surface area contributed by atoms with E-state index in [1.165, 1.54) is 0 Å². The standard InChI is InChI=1S/C17H16N2O/c1-11-7-9-12(10-8-11)15-16(20)13-5-3-4-6-14(13)19(2)17(15)18/h3-10H,18H2,1-2H3. The molecule has 3 rings (SSSR count). The molecule has 20 heavy (non-hydrogen) atoms. The van der Waals surface area contributed by atoms with Crippen LogP contribution in [-0.2, 0) is 7.05 Å². The second kappa shape index (κ2) is 4.53. The van der Waals surface area contributed by atoms with Crippen LogP contribution in [0.4, 0.5) is 5.82 Å². The smallest absolute Gasteiger partial charge is 0.199 e. The van der Waals surface area contributed by atoms with E-state index in [4.69, 9.17) is 5.73 Å². The van der Waals surface area contributed by atoms with E-state index in [0.717, 1.165) is 16.6 Å². The number of aromatic nitrogens is 1. The first-order valence-corrected chi connectivity index (χ1v) is 6.54. The van der Waals surface area contributed by atoms with Gasteiger partial charge in [-0.3, -0.25) is 4.79 Å². The van der Waals surface area contributed by atoms with Crippen LogP contribution in [0.2, 0.25) is 0 Å². The average Bonchev–Trinajstić information content (AvgIpc) is 2.47. The Morgan fingerprint density at radius 2 is 1.65 bits per heavy atom. The maximum Gasteiger partial charge on any atom is 0.199 e. The van der Waals surface area contributed by atoms with Crippen molar-refractivity contribution in [1.29, 1.82) is 0 Å². The van der Waals surface area contributed by atoms with Crippen LogP contribution < -0.4 is 11.2 Å². The lowest BCUT2D eigenvalue weighted by atomic mass is 10.0. The number of pyridine rings is 1. The summed E-state index contributed by atoms with van der Waals surface area (Å²) in [5, 5.41) is 0.694. The van der Waals surface area contributed by atoms with E-state index >= 15 is 0 Å². The minimum atomic E-state index is -0.0138. The van der Waals surface area contributed by atoms with Crippen LogP contribution >= 0.6 is 0 Å². The molecule has 3 aromatic rings. The van der Waals surface area contributed by atoms with Gasteiger partial charge < -0.3 is 10.3 Å². The molecule has 0 aliphatic carbocycles. The van der Waals surface area contributed by atoms with Gasteiger partial charge in [-0.25, -0.2) is 0 Å². The SMILES string of the molecule is Cc1ccc(-c2c(N)n(C)c3ccccc3c2=O)cc1. The summed E-state index contributed by atoms with van der Waals surface area (Å²) in [7, 11) is 1.88. The predicted molar refractivity (Wildman–Crippen MR) is 83.8 cm³/mol. The van der Waals surface area contributed by atoms with Crippen molar-refractivity contribution in [2.75, 3.05) is 5.73 Å². The molecule has 0 amide bonds. The number of para-hydroxylation sites is 1. The van der Waals surface area contributed by atoms with Crippen molar-refractivity contribution >= 4 is 16.7 Å². The van der Waals surface area contributed by atoms with Crippen molar-refractivity contribution in [2.45, 2.75) is 6.92 Å². The second-order valence-corrected chi connectivity index (χ2v) is 5.03. The molecule has 0 spiro atoms. The van der Waals surface area contributed by atoms with Crippen LogP contribution in [0.3, 0.4) is 0 Å². The summed E-state index contributed by atoms with van der Waals surface area (Å²) in [6.45, 7) is 2.02. The number of aryl methyl sites for hydroxylation is 2. The fourth-order valence-corrected chi connectivity index (χ4v) is 2.51. The monoisotopic (exact) mass is 264 g/mol. The molecule has 1 heterocycles. The zero-order valence-electron chi connectivity index (χ0n) is 11.6. The number of benzene rings is 2. The van der Waals surface area contributed by atoms with Gasteiger partial charge in [0.25, 0.3) is 0 Å². The average molecular weight is 264 g/mol. The third-order valence-corrected chi connectivity index (χ3v) is 3.69. The molecule has 3 heteroatoms. The van der Waals surface area contributed by atoms with E-state index in [1.807, 2.05) is 67.1 Å². The Labute approximate surface area is 117 Å². The minimum Gasteiger partial charge on any atom is -0.384 e. The highest BCUT2D eigenvalue weighted by atomic mass is 16.1. The summed E-state index contributed by atoms with van der Waals surface area (Å²) < 4.78 is 1.87. The van der Waals surface area contributed by atoms with Crippen LogP contribution in [0.1, 0.15) is 5.56 Å². The van der Waals surface area contributed by atoms with E-state index in [2.05, 4.69) is 0 Å². The molecule has 0 atom stereocenters. The number of hydrogen-bond donors (Lipinski definition) is 1. The zero-order valence-corrected chi connectivity index (χ0v) is 11.6. The van der Waals surface area contributed by atoms with Gasteiger partial charge in [-0.2, -0.15) is 0 Å². The first-order valence-electron chi connectivity index (χ1n) is 6.54. The van der Waals surface area contributed by atoms with Crippen LogP contribution in [0.25, 0.3) is 22.0 Å². The number of nitrogens with zero attached hydrogens (tertiary/aromatic N) is 1. The Balaban J connectivity index is 2.42. The van der Waals surface area contributed by atoms with Gasteiger partial charge in [-0.15, -0.1) is 0 Å². The lowest BCUT2D eigenvalue weighted by Gasteiger charge is -2.14. The van der Waals surface area contributed by atoms with Crippen molar-refractivity contribution in [3.63, 3.8) is 0 Å². The highest BCUT2D eigenvalue weighted by Crippen LogP contribution is 2.25. The zero-order chi connectivity index (χ0) is 14.3. The van der Waals surface area contributed by atoms with E-state index in [-0.39, 0.29) is 5.43 Å². The molecule has 0 saturated carbocycles. The molecule has 0 bridgehead atoms. The van der Waals surface area contributed by atoms with Crippen molar-refractivity contribution in [2.24, 2.45) is 7.05 Å². The fraction of sp³-hybridized carbons (Fsp3) is 0.118. The Morgan fingerprint density at radius 1 is 1.00 bits per heavy atom. The molecule has 1 aromatic heterocycles. The Morgan fingerprint density at radius 3 is 2.35 bits per heavy atom. The molecule has 2 aromatic carbocycles. The van der Waals surface area contributed by atoms with Gasteiger partial charge >= 0.3 is 0 Å². The van der Waals surface area contributed by atoms with Gasteiger partial charge in [0, 0.05) is 12.4 Å². The van der Waals surface area contributed by atoms with Gasteiger partial charge in [0.2, 0.25) is 0 Å². The molecular weight excluding hydrogens is 248 g/mol. The quantitative estimate of drug-likeness (QED) is 0.734. The third-order valence-electron chi connectivity index (χ3n) is 3.69. The number of nitrogen functional groups attached to an aromatic ring is 1. The number of nitrogens with two attached hydrogens (primary N) is 1. The predicted octanol–water partition coefficient (Wildman–Crippen LogP) is 3.10. The number of anilines is 1. The molecule has 2 N–H and O–H groups in total. The maximum atomic E-state index is 12.7. The van der Waals surface area contributed by atoms with E-state index < -0.39 is 0 Å². The summed E-state index contributed by atoms with van der Waals surface area (Å²) in [5.74, 6) is 0.498. The van der Waals surface area contributed by atoms with Gasteiger partial charge in [0.15, 0.2) is 5.43 Å². The van der Waals surface area contributed by atoms with Gasteiger partial charge in [0.1, 0.15) is 5.82 Å². The van der Waals surface area contributed by atoms with Gasteiger partial charge in [-0.1, -0.05) is 42.0 Å². The maximum absolute atomic E-state index is 12.7. The second-order valence-electron chi connectivity index (χ2n) is 5.03. The van der Waals surface area contributed by atoms with Crippen LogP contribution in [-0.4, -0.2) is 4.57 Å². The Bertz CT molecular complexity index is 845. The molecule has 100 valence electrons. The largest absolute Gasteiger partial charge is 0.384 e. The van der Waals surface area contributed by atoms with Crippen LogP contribution in [0, 0.1) is 6.92 Å². The normalized spacial score (nSPS) is 10.9. The molecule has 0 unspecified atom stereocenters. The van der Waals surface area contributed by atoms with Crippen LogP contribution in [0.15, 0.2) is 53.3 Å². The Kier molecular flexibility index (Phi) is 2.83. The van der Waals surface area contributed by atoms with Crippen molar-refractivity contribution in [1.82, 2.24) is 4.57 Å². The van der Waals surface area contributed by atoms with Crippen molar-refractivity contribution in [3.05, 3.63) is 64.3 Å². The first kappa shape index (κ1) is 12.5. The molecule has 0 radical (unpaired) electrons. The molecule has 3 nitrogen and oxygen atoms in total. The number of rotatable bonds is 1. The van der Waals surface area contributed by atoms with Gasteiger partial charge in [0.05, 0.1) is 11.1 Å². The minimum absolute atomic E-state index is 0.0138. The highest BCUT2D eigenvalue weighted by molar-refractivity contribution is 5.89. The fourth-order valence-electron chi connectivity index (χ4n) is 2.51. The topological polar surface area (TPSA) is 48.0 Å². The molecule has 0 aliphatic rings. The van der Waals surface area contributed by atoms with Crippen molar-refractivity contribution in [3.8, 4) is 11.1 Å². The molecular formula is C17H16N2O. The highest BCUT2D eigenvalue weighted by Gasteiger charge is 2.14. The summed E-state index contributed by atoms with van der Waals surface area (Å²) in [5.41, 5.74) is 9.61. The van der Waals surface area contributed by atoms with E-state index in [1.54, 1.807) is 0 Å². The summed E-state index contributed by atoms with van der Waals surface area (Å²) in [6, 6.07) is 15.4. The lowest BCUT2D eigenvalue weighted by Crippen LogP contribution is -2.15. The van der Waals surface area contributed by atoms with E-state index in [0.29, 0.717) is 16.8 Å². The first-order chi connectivity index (χ1) is 9.59. The molecule has 0 fully saturated rings. The summed E-state index contributed by atoms with van der Waals surface area (Å²) in [4.78, 5) is 12.7. The van der Waals surface area contributed by atoms with Gasteiger partial charge in [-0.05, 0) is 24.6 Å². The van der Waals surface area contributed by atoms with E-state index in [9.17, 15) is 4.79 Å². The van der Waals surface area contributed by atoms with Crippen LogP contribution in [0.5, 0.6) is 0 Å². The summed E-state index contributed by atoms with van der Waals surface area (Å²) >= 11 is 0. The lowest BCUT2D eigenvalue weighted by molar-refractivity contribution is 0.967. The molecule has 0 saturated heterocycles. The number of fused-ring (bicyclic) bond motifs is 1. The molecule has 0 aliphatic heterocycles. The van der Waals surface area contributed by atoms with Crippen molar-refractivity contribution < 1.29 is 0 Å². The third kappa shape index (κ3) is 1.79. The summed E-state index contributed by atoms with van der Waals surface area (Å²) in [6.07, 6.45) is 0. The Hall–Kier alpha value is -2.55. The number of hydrogen-bond acceptors (Lipinski definition) is 2.